The van der Waals surface area contributed by atoms with Gasteiger partial charge in [-0.1, -0.05) is 0 Å². The molecule has 120 valence electrons. The van der Waals surface area contributed by atoms with Crippen molar-refractivity contribution >= 4 is 21.8 Å². The zero-order chi connectivity index (χ0) is 16.7. The van der Waals surface area contributed by atoms with Crippen LogP contribution in [0.4, 0.5) is 0 Å². The molecule has 0 spiro atoms. The minimum absolute atomic E-state index is 0.0378. The summed E-state index contributed by atoms with van der Waals surface area (Å²) in [5, 5.41) is 0. The Kier molecular flexibility index (Phi) is 4.01. The lowest BCUT2D eigenvalue weighted by Crippen LogP contribution is -2.39. The van der Waals surface area contributed by atoms with Gasteiger partial charge in [0, 0.05) is 20.2 Å². The molecule has 0 saturated heterocycles. The van der Waals surface area contributed by atoms with Crippen LogP contribution in [0.1, 0.15) is 10.4 Å². The number of ether oxygens (including phenoxy) is 2. The summed E-state index contributed by atoms with van der Waals surface area (Å²) in [5.41, 5.74) is -0.0378. The normalized spacial score (nSPS) is 15.5. The van der Waals surface area contributed by atoms with E-state index in [0.717, 1.165) is 0 Å². The molecule has 0 aliphatic carbocycles. The molecule has 1 aliphatic heterocycles. The molecular formula is C13H16N2O6S. The number of sulfonamides is 1. The van der Waals surface area contributed by atoms with Gasteiger partial charge >= 0.3 is 0 Å². The van der Waals surface area contributed by atoms with E-state index in [9.17, 15) is 18.0 Å². The van der Waals surface area contributed by atoms with Crippen molar-refractivity contribution in [3.63, 3.8) is 0 Å². The minimum Gasteiger partial charge on any atom is -0.493 e. The zero-order valence-electron chi connectivity index (χ0n) is 12.6. The number of carbonyl (C=O) groups excluding carboxylic acids is 2. The third kappa shape index (κ3) is 2.37. The second kappa shape index (κ2) is 5.48. The van der Waals surface area contributed by atoms with E-state index in [1.54, 1.807) is 0 Å². The van der Waals surface area contributed by atoms with Gasteiger partial charge in [-0.3, -0.25) is 9.59 Å². The lowest BCUT2D eigenvalue weighted by Gasteiger charge is -2.17. The molecule has 2 amide bonds. The maximum Gasteiger partial charge on any atom is 0.269 e. The van der Waals surface area contributed by atoms with Crippen LogP contribution < -0.4 is 9.47 Å². The number of hydrogen-bond acceptors (Lipinski definition) is 6. The Bertz CT molecular complexity index is 741. The Hall–Kier alpha value is -2.29. The van der Waals surface area contributed by atoms with Gasteiger partial charge < -0.3 is 14.4 Å². The molecule has 22 heavy (non-hydrogen) atoms. The number of amides is 2. The highest BCUT2D eigenvalue weighted by Gasteiger charge is 2.43. The molecule has 9 heteroatoms. The van der Waals surface area contributed by atoms with E-state index in [-0.39, 0.29) is 22.0 Å². The number of rotatable bonds is 4. The molecule has 1 aliphatic rings. The minimum atomic E-state index is -4.08. The molecule has 2 rings (SSSR count). The maximum atomic E-state index is 12.5. The molecule has 0 atom stereocenters. The van der Waals surface area contributed by atoms with E-state index < -0.39 is 28.4 Å². The van der Waals surface area contributed by atoms with Crippen LogP contribution in [0.25, 0.3) is 0 Å². The molecule has 8 nitrogen and oxygen atoms in total. The Balaban J connectivity index is 2.54. The Morgan fingerprint density at radius 3 is 2.23 bits per heavy atom. The fraction of sp³-hybridized carbons (Fsp3) is 0.385. The van der Waals surface area contributed by atoms with Gasteiger partial charge in [-0.2, -0.15) is 0 Å². The Morgan fingerprint density at radius 2 is 1.73 bits per heavy atom. The van der Waals surface area contributed by atoms with Crippen molar-refractivity contribution in [2.24, 2.45) is 0 Å². The topological polar surface area (TPSA) is 93.2 Å². The van der Waals surface area contributed by atoms with E-state index in [1.165, 1.54) is 45.3 Å². The van der Waals surface area contributed by atoms with E-state index in [1.807, 2.05) is 0 Å². The summed E-state index contributed by atoms with van der Waals surface area (Å²) in [6.45, 7) is -0.548. The molecule has 1 aromatic rings. The Morgan fingerprint density at radius 1 is 1.18 bits per heavy atom. The molecule has 0 aromatic heterocycles. The fourth-order valence-electron chi connectivity index (χ4n) is 2.02. The first-order chi connectivity index (χ1) is 10.2. The molecule has 0 fully saturated rings. The summed E-state index contributed by atoms with van der Waals surface area (Å²) in [6.07, 6.45) is 0. The lowest BCUT2D eigenvalue weighted by atomic mass is 10.2. The summed E-state index contributed by atoms with van der Waals surface area (Å²) < 4.78 is 35.6. The van der Waals surface area contributed by atoms with Gasteiger partial charge in [-0.25, -0.2) is 12.7 Å². The number of likely N-dealkylation sites (N-methyl/N-ethyl adjacent to an activating group) is 1. The van der Waals surface area contributed by atoms with Gasteiger partial charge in [0.2, 0.25) is 5.91 Å². The molecule has 0 radical (unpaired) electrons. The van der Waals surface area contributed by atoms with Crippen LogP contribution in [0.15, 0.2) is 17.0 Å². The zero-order valence-corrected chi connectivity index (χ0v) is 13.4. The standard InChI is InChI=1S/C13H16N2O6S/c1-14(2)12(16)7-15-13(17)8-5-9(20-3)10(21-4)6-11(8)22(15,18)19/h5-6H,7H2,1-4H3. The average Bonchev–Trinajstić information content (AvgIpc) is 2.66. The fourth-order valence-corrected chi connectivity index (χ4v) is 3.54. The largest absolute Gasteiger partial charge is 0.493 e. The highest BCUT2D eigenvalue weighted by atomic mass is 32.2. The summed E-state index contributed by atoms with van der Waals surface area (Å²) in [4.78, 5) is 25.1. The summed E-state index contributed by atoms with van der Waals surface area (Å²) in [5.74, 6) is -0.821. The monoisotopic (exact) mass is 328 g/mol. The SMILES string of the molecule is COc1cc2c(cc1OC)S(=O)(=O)N(CC(=O)N(C)C)C2=O. The van der Waals surface area contributed by atoms with Crippen molar-refractivity contribution in [1.82, 2.24) is 9.21 Å². The Labute approximate surface area is 128 Å². The highest BCUT2D eigenvalue weighted by molar-refractivity contribution is 7.90. The number of fused-ring (bicyclic) bond motifs is 1. The van der Waals surface area contributed by atoms with Crippen LogP contribution in [0.5, 0.6) is 11.5 Å². The van der Waals surface area contributed by atoms with Gasteiger partial charge in [0.05, 0.1) is 19.8 Å². The van der Waals surface area contributed by atoms with E-state index in [2.05, 4.69) is 0 Å². The average molecular weight is 328 g/mol. The molecule has 1 heterocycles. The van der Waals surface area contributed by atoms with Gasteiger partial charge in [-0.15, -0.1) is 0 Å². The van der Waals surface area contributed by atoms with Crippen molar-refractivity contribution in [3.8, 4) is 11.5 Å². The molecule has 0 bridgehead atoms. The van der Waals surface area contributed by atoms with E-state index >= 15 is 0 Å². The lowest BCUT2D eigenvalue weighted by molar-refractivity contribution is -0.128. The van der Waals surface area contributed by atoms with Crippen LogP contribution in [-0.4, -0.2) is 64.3 Å². The summed E-state index contributed by atoms with van der Waals surface area (Å²) >= 11 is 0. The van der Waals surface area contributed by atoms with Crippen molar-refractivity contribution in [2.75, 3.05) is 34.9 Å². The molecular weight excluding hydrogens is 312 g/mol. The highest BCUT2D eigenvalue weighted by Crippen LogP contribution is 2.38. The number of carbonyl (C=O) groups is 2. The van der Waals surface area contributed by atoms with Crippen LogP contribution in [0.3, 0.4) is 0 Å². The van der Waals surface area contributed by atoms with Gasteiger partial charge in [0.25, 0.3) is 15.9 Å². The molecule has 0 unspecified atom stereocenters. The third-order valence-corrected chi connectivity index (χ3v) is 5.06. The first-order valence-electron chi connectivity index (χ1n) is 6.27. The second-order valence-corrected chi connectivity index (χ2v) is 6.64. The molecule has 0 N–H and O–H groups in total. The number of hydrogen-bond donors (Lipinski definition) is 0. The summed E-state index contributed by atoms with van der Waals surface area (Å²) in [6, 6.07) is 2.52. The maximum absolute atomic E-state index is 12.5. The first-order valence-corrected chi connectivity index (χ1v) is 7.71. The van der Waals surface area contributed by atoms with Gasteiger partial charge in [0.1, 0.15) is 11.4 Å². The van der Waals surface area contributed by atoms with Crippen molar-refractivity contribution in [3.05, 3.63) is 17.7 Å². The van der Waals surface area contributed by atoms with Gasteiger partial charge in [-0.05, 0) is 6.07 Å². The molecule has 0 saturated carbocycles. The van der Waals surface area contributed by atoms with Crippen LogP contribution in [0, 0.1) is 0 Å². The predicted octanol–water partition coefficient (Wildman–Crippen LogP) is -0.0635. The second-order valence-electron chi connectivity index (χ2n) is 4.81. The van der Waals surface area contributed by atoms with E-state index in [4.69, 9.17) is 9.47 Å². The number of nitrogens with zero attached hydrogens (tertiary/aromatic N) is 2. The van der Waals surface area contributed by atoms with Crippen LogP contribution in [-0.2, 0) is 14.8 Å². The summed E-state index contributed by atoms with van der Waals surface area (Å²) in [7, 11) is 1.62. The van der Waals surface area contributed by atoms with Crippen LogP contribution >= 0.6 is 0 Å². The van der Waals surface area contributed by atoms with Crippen molar-refractivity contribution in [1.29, 1.82) is 0 Å². The quantitative estimate of drug-likeness (QED) is 0.768. The number of benzene rings is 1. The first kappa shape index (κ1) is 16.1. The smallest absolute Gasteiger partial charge is 0.269 e. The molecule has 1 aromatic carbocycles. The predicted molar refractivity (Wildman–Crippen MR) is 76.5 cm³/mol. The third-order valence-electron chi connectivity index (χ3n) is 3.29. The van der Waals surface area contributed by atoms with Crippen molar-refractivity contribution in [2.45, 2.75) is 4.90 Å². The van der Waals surface area contributed by atoms with Gasteiger partial charge in [0.15, 0.2) is 11.5 Å². The van der Waals surface area contributed by atoms with E-state index in [0.29, 0.717) is 4.31 Å². The van der Waals surface area contributed by atoms with Crippen LogP contribution in [0.2, 0.25) is 0 Å². The van der Waals surface area contributed by atoms with Crippen molar-refractivity contribution < 1.29 is 27.5 Å². The number of methoxy groups -OCH3 is 2.